The smallest absolute Gasteiger partial charge is 0.338 e. The zero-order valence-electron chi connectivity index (χ0n) is 14.9. The number of Topliss-reactive ketones (excluding diaryl/α,β-unsaturated/α-hetero) is 1. The van der Waals surface area contributed by atoms with E-state index in [2.05, 4.69) is 0 Å². The first-order valence-corrected chi connectivity index (χ1v) is 8.52. The van der Waals surface area contributed by atoms with Crippen LogP contribution in [0.25, 0.3) is 0 Å². The van der Waals surface area contributed by atoms with Gasteiger partial charge >= 0.3 is 5.97 Å². The van der Waals surface area contributed by atoms with E-state index < -0.39 is 11.8 Å². The average Bonchev–Trinajstić information content (AvgIpc) is 2.71. The highest BCUT2D eigenvalue weighted by Crippen LogP contribution is 2.23. The van der Waals surface area contributed by atoms with Crippen LogP contribution < -0.4 is 4.74 Å². The second-order valence-electron chi connectivity index (χ2n) is 6.00. The molecule has 0 amide bonds. The van der Waals surface area contributed by atoms with Gasteiger partial charge in [-0.1, -0.05) is 30.3 Å². The highest BCUT2D eigenvalue weighted by molar-refractivity contribution is 5.99. The minimum absolute atomic E-state index is 0.0545. The predicted molar refractivity (Wildman–Crippen MR) is 102 cm³/mol. The fourth-order valence-corrected chi connectivity index (χ4v) is 2.48. The van der Waals surface area contributed by atoms with Crippen LogP contribution in [0, 0.1) is 0 Å². The summed E-state index contributed by atoms with van der Waals surface area (Å²) in [6.45, 7) is -0.112. The molecule has 0 aliphatic rings. The molecule has 142 valence electrons. The Bertz CT molecular complexity index is 964. The minimum atomic E-state index is -0.458. The lowest BCUT2D eigenvalue weighted by atomic mass is 10.1. The van der Waals surface area contributed by atoms with Crippen LogP contribution in [-0.2, 0) is 11.3 Å². The van der Waals surface area contributed by atoms with E-state index in [1.54, 1.807) is 24.3 Å². The molecule has 6 heteroatoms. The van der Waals surface area contributed by atoms with Gasteiger partial charge < -0.3 is 19.7 Å². The van der Waals surface area contributed by atoms with E-state index in [1.165, 1.54) is 12.1 Å². The van der Waals surface area contributed by atoms with Gasteiger partial charge in [0.2, 0.25) is 5.78 Å². The summed E-state index contributed by atoms with van der Waals surface area (Å²) in [5, 5.41) is 19.0. The Morgan fingerprint density at radius 2 is 1.57 bits per heavy atom. The van der Waals surface area contributed by atoms with E-state index in [9.17, 15) is 19.8 Å². The molecular formula is C22H18O6. The van der Waals surface area contributed by atoms with Gasteiger partial charge in [0.05, 0.1) is 11.1 Å². The van der Waals surface area contributed by atoms with E-state index in [4.69, 9.17) is 9.47 Å². The molecule has 0 unspecified atom stereocenters. The SMILES string of the molecule is O=C(OCc1ccccc1)c1ccc(OCC(=O)c2ccc(O)cc2O)cc1. The maximum Gasteiger partial charge on any atom is 0.338 e. The normalized spacial score (nSPS) is 10.3. The largest absolute Gasteiger partial charge is 0.508 e. The van der Waals surface area contributed by atoms with Crippen LogP contribution in [0.4, 0.5) is 0 Å². The van der Waals surface area contributed by atoms with Crippen LogP contribution in [0.3, 0.4) is 0 Å². The maximum atomic E-state index is 12.1. The van der Waals surface area contributed by atoms with Crippen LogP contribution in [0.2, 0.25) is 0 Å². The number of hydrogen-bond donors (Lipinski definition) is 2. The molecular weight excluding hydrogens is 360 g/mol. The molecule has 0 aliphatic carbocycles. The molecule has 3 aromatic carbocycles. The number of carbonyl (C=O) groups is 2. The Morgan fingerprint density at radius 3 is 2.25 bits per heavy atom. The highest BCUT2D eigenvalue weighted by atomic mass is 16.5. The summed E-state index contributed by atoms with van der Waals surface area (Å²) in [5.41, 5.74) is 1.32. The molecule has 0 radical (unpaired) electrons. The van der Waals surface area contributed by atoms with E-state index in [0.717, 1.165) is 11.6 Å². The van der Waals surface area contributed by atoms with Crippen LogP contribution in [-0.4, -0.2) is 28.6 Å². The summed E-state index contributed by atoms with van der Waals surface area (Å²) in [4.78, 5) is 24.2. The second-order valence-corrected chi connectivity index (χ2v) is 6.00. The molecule has 0 aromatic heterocycles. The Kier molecular flexibility index (Phi) is 5.91. The van der Waals surface area contributed by atoms with Crippen molar-refractivity contribution in [2.45, 2.75) is 6.61 Å². The van der Waals surface area contributed by atoms with Gasteiger partial charge in [0, 0.05) is 6.07 Å². The monoisotopic (exact) mass is 378 g/mol. The number of aromatic hydroxyl groups is 2. The van der Waals surface area contributed by atoms with Crippen LogP contribution in [0.15, 0.2) is 72.8 Å². The average molecular weight is 378 g/mol. The molecule has 0 atom stereocenters. The summed E-state index contributed by atoms with van der Waals surface area (Å²) in [6.07, 6.45) is 0. The molecule has 2 N–H and O–H groups in total. The number of hydrogen-bond acceptors (Lipinski definition) is 6. The topological polar surface area (TPSA) is 93.1 Å². The number of benzene rings is 3. The molecule has 0 aliphatic heterocycles. The van der Waals surface area contributed by atoms with Crippen molar-refractivity contribution >= 4 is 11.8 Å². The first-order chi connectivity index (χ1) is 13.5. The number of phenolic OH excluding ortho intramolecular Hbond substituents is 2. The number of carbonyl (C=O) groups excluding carboxylic acids is 2. The van der Waals surface area contributed by atoms with Crippen molar-refractivity contribution in [2.24, 2.45) is 0 Å². The van der Waals surface area contributed by atoms with Crippen LogP contribution in [0.1, 0.15) is 26.3 Å². The second kappa shape index (κ2) is 8.73. The van der Waals surface area contributed by atoms with E-state index in [0.29, 0.717) is 11.3 Å². The fraction of sp³-hybridized carbons (Fsp3) is 0.0909. The minimum Gasteiger partial charge on any atom is -0.508 e. The van der Waals surface area contributed by atoms with Gasteiger partial charge in [0.25, 0.3) is 0 Å². The van der Waals surface area contributed by atoms with Gasteiger partial charge in [-0.05, 0) is 42.0 Å². The van der Waals surface area contributed by atoms with Gasteiger partial charge in [-0.25, -0.2) is 4.79 Å². The molecule has 0 bridgehead atoms. The number of ether oxygens (including phenoxy) is 2. The van der Waals surface area contributed by atoms with Crippen molar-refractivity contribution in [2.75, 3.05) is 6.61 Å². The Morgan fingerprint density at radius 1 is 0.857 bits per heavy atom. The first kappa shape index (κ1) is 19.0. The quantitative estimate of drug-likeness (QED) is 0.481. The number of ketones is 1. The number of rotatable bonds is 7. The lowest BCUT2D eigenvalue weighted by Gasteiger charge is -2.08. The lowest BCUT2D eigenvalue weighted by molar-refractivity contribution is 0.0472. The molecule has 0 spiro atoms. The van der Waals surface area contributed by atoms with E-state index in [1.807, 2.05) is 30.3 Å². The fourth-order valence-electron chi connectivity index (χ4n) is 2.48. The standard InChI is InChI=1S/C22H18O6/c23-17-8-11-19(20(24)12-17)21(25)14-27-18-9-6-16(7-10-18)22(26)28-13-15-4-2-1-3-5-15/h1-12,23-24H,13-14H2. The molecule has 6 nitrogen and oxygen atoms in total. The maximum absolute atomic E-state index is 12.1. The van der Waals surface area contributed by atoms with Gasteiger partial charge in [0.1, 0.15) is 23.9 Å². The van der Waals surface area contributed by atoms with Crippen molar-refractivity contribution in [3.8, 4) is 17.2 Å². The third-order valence-corrected chi connectivity index (χ3v) is 3.95. The molecule has 0 saturated heterocycles. The third kappa shape index (κ3) is 4.88. The third-order valence-electron chi connectivity index (χ3n) is 3.95. The Hall–Kier alpha value is -3.80. The van der Waals surface area contributed by atoms with Crippen LogP contribution >= 0.6 is 0 Å². The number of phenols is 2. The van der Waals surface area contributed by atoms with Gasteiger partial charge in [-0.2, -0.15) is 0 Å². The van der Waals surface area contributed by atoms with Crippen molar-refractivity contribution in [1.82, 2.24) is 0 Å². The van der Waals surface area contributed by atoms with Gasteiger partial charge in [-0.3, -0.25) is 4.79 Å². The zero-order valence-corrected chi connectivity index (χ0v) is 14.9. The molecule has 3 aromatic rings. The Balaban J connectivity index is 1.54. The Labute approximate surface area is 161 Å². The molecule has 0 saturated carbocycles. The predicted octanol–water partition coefficient (Wildman–Crippen LogP) is 3.72. The number of esters is 1. The summed E-state index contributed by atoms with van der Waals surface area (Å²) < 4.78 is 10.6. The molecule has 28 heavy (non-hydrogen) atoms. The van der Waals surface area contributed by atoms with Gasteiger partial charge in [-0.15, -0.1) is 0 Å². The highest BCUT2D eigenvalue weighted by Gasteiger charge is 2.13. The summed E-state index contributed by atoms with van der Waals surface area (Å²) in [5.74, 6) is -0.953. The summed E-state index contributed by atoms with van der Waals surface area (Å²) >= 11 is 0. The zero-order chi connectivity index (χ0) is 19.9. The van der Waals surface area contributed by atoms with E-state index >= 15 is 0 Å². The molecule has 3 rings (SSSR count). The van der Waals surface area contributed by atoms with Crippen LogP contribution in [0.5, 0.6) is 17.2 Å². The summed E-state index contributed by atoms with van der Waals surface area (Å²) in [7, 11) is 0. The van der Waals surface area contributed by atoms with Crippen molar-refractivity contribution in [1.29, 1.82) is 0 Å². The lowest BCUT2D eigenvalue weighted by Crippen LogP contribution is -2.12. The van der Waals surface area contributed by atoms with E-state index in [-0.39, 0.29) is 30.3 Å². The summed E-state index contributed by atoms with van der Waals surface area (Å²) in [6, 6.07) is 19.3. The molecule has 0 heterocycles. The van der Waals surface area contributed by atoms with Gasteiger partial charge in [0.15, 0.2) is 6.61 Å². The van der Waals surface area contributed by atoms with Crippen molar-refractivity contribution in [3.05, 3.63) is 89.5 Å². The first-order valence-electron chi connectivity index (χ1n) is 8.52. The van der Waals surface area contributed by atoms with Crippen molar-refractivity contribution in [3.63, 3.8) is 0 Å². The molecule has 0 fully saturated rings. The van der Waals surface area contributed by atoms with Crippen molar-refractivity contribution < 1.29 is 29.3 Å².